The number of rotatable bonds is 4. The van der Waals surface area contributed by atoms with Gasteiger partial charge in [0.15, 0.2) is 0 Å². The highest BCUT2D eigenvalue weighted by atomic mass is 19.3. The van der Waals surface area contributed by atoms with Crippen LogP contribution in [0.25, 0.3) is 22.4 Å². The van der Waals surface area contributed by atoms with Gasteiger partial charge in [-0.1, -0.05) is 17.3 Å². The molecule has 0 spiro atoms. The lowest BCUT2D eigenvalue weighted by atomic mass is 10.2. The molecule has 0 aliphatic carbocycles. The Labute approximate surface area is 151 Å². The van der Waals surface area contributed by atoms with Crippen LogP contribution in [0, 0.1) is 0 Å². The summed E-state index contributed by atoms with van der Waals surface area (Å²) in [6.07, 6.45) is 2.72. The summed E-state index contributed by atoms with van der Waals surface area (Å²) < 4.78 is 32.6. The van der Waals surface area contributed by atoms with E-state index in [0.29, 0.717) is 29.2 Å². The maximum atomic E-state index is 13.2. The predicted molar refractivity (Wildman–Crippen MR) is 92.2 cm³/mol. The Kier molecular flexibility index (Phi) is 3.98. The van der Waals surface area contributed by atoms with Gasteiger partial charge in [0, 0.05) is 18.7 Å². The minimum absolute atomic E-state index is 0.0251. The van der Waals surface area contributed by atoms with Crippen LogP contribution in [-0.2, 0) is 12.5 Å². The zero-order chi connectivity index (χ0) is 19.0. The van der Waals surface area contributed by atoms with Crippen LogP contribution in [0.1, 0.15) is 18.5 Å². The molecule has 0 radical (unpaired) electrons. The zero-order valence-corrected chi connectivity index (χ0v) is 14.1. The number of fused-ring (bicyclic) bond motifs is 1. The highest BCUT2D eigenvalue weighted by Gasteiger charge is 2.32. The second kappa shape index (κ2) is 6.35. The van der Waals surface area contributed by atoms with E-state index in [2.05, 4.69) is 24.6 Å². The molecule has 0 amide bonds. The fourth-order valence-electron chi connectivity index (χ4n) is 2.61. The molecule has 0 N–H and O–H groups in total. The fourth-order valence-corrected chi connectivity index (χ4v) is 2.61. The molecule has 0 aliphatic heterocycles. The monoisotopic (exact) mass is 369 g/mol. The van der Waals surface area contributed by atoms with Crippen molar-refractivity contribution in [1.29, 1.82) is 0 Å². The second-order valence-electron chi connectivity index (χ2n) is 6.02. The molecule has 4 aromatic rings. The van der Waals surface area contributed by atoms with Crippen LogP contribution in [0.3, 0.4) is 0 Å². The summed E-state index contributed by atoms with van der Waals surface area (Å²) in [7, 11) is 0. The van der Waals surface area contributed by atoms with E-state index in [-0.39, 0.29) is 17.9 Å². The Bertz CT molecular complexity index is 1160. The molecule has 0 bridgehead atoms. The molecule has 9 heteroatoms. The molecular weight excluding hydrogens is 356 g/mol. The third-order valence-electron chi connectivity index (χ3n) is 3.96. The first-order valence-electron chi connectivity index (χ1n) is 8.04. The van der Waals surface area contributed by atoms with Gasteiger partial charge in [-0.25, -0.2) is 4.98 Å². The van der Waals surface area contributed by atoms with Gasteiger partial charge in [0.2, 0.25) is 5.82 Å². The van der Waals surface area contributed by atoms with Crippen molar-refractivity contribution in [3.8, 4) is 11.4 Å². The summed E-state index contributed by atoms with van der Waals surface area (Å²) in [6.45, 7) is 0.926. The normalized spacial score (nSPS) is 11.8. The average molecular weight is 369 g/mol. The van der Waals surface area contributed by atoms with Gasteiger partial charge in [-0.05, 0) is 24.3 Å². The van der Waals surface area contributed by atoms with E-state index in [4.69, 9.17) is 0 Å². The largest absolute Gasteiger partial charge is 0.332 e. The Morgan fingerprint density at radius 2 is 1.93 bits per heavy atom. The lowest BCUT2D eigenvalue weighted by Crippen LogP contribution is -2.21. The maximum absolute atomic E-state index is 13.2. The molecule has 3 heterocycles. The van der Waals surface area contributed by atoms with Gasteiger partial charge in [0.05, 0.1) is 29.5 Å². The molecule has 0 fully saturated rings. The predicted octanol–water partition coefficient (Wildman–Crippen LogP) is 3.00. The molecule has 0 atom stereocenters. The Balaban J connectivity index is 1.63. The Morgan fingerprint density at radius 1 is 1.11 bits per heavy atom. The molecule has 0 aliphatic rings. The first-order valence-corrected chi connectivity index (χ1v) is 8.04. The first kappa shape index (κ1) is 17.0. The van der Waals surface area contributed by atoms with Crippen molar-refractivity contribution in [2.45, 2.75) is 19.4 Å². The van der Waals surface area contributed by atoms with Crippen molar-refractivity contribution in [2.75, 3.05) is 0 Å². The van der Waals surface area contributed by atoms with Crippen LogP contribution in [0.15, 0.2) is 58.1 Å². The van der Waals surface area contributed by atoms with Crippen LogP contribution in [0.4, 0.5) is 8.78 Å². The van der Waals surface area contributed by atoms with Crippen LogP contribution in [0.2, 0.25) is 0 Å². The van der Waals surface area contributed by atoms with Gasteiger partial charge >= 0.3 is 5.92 Å². The van der Waals surface area contributed by atoms with Crippen molar-refractivity contribution in [2.24, 2.45) is 0 Å². The zero-order valence-electron chi connectivity index (χ0n) is 14.1. The number of nitrogens with zero attached hydrogens (tertiary/aromatic N) is 5. The highest BCUT2D eigenvalue weighted by molar-refractivity contribution is 5.74. The van der Waals surface area contributed by atoms with E-state index in [1.807, 2.05) is 24.3 Å². The maximum Gasteiger partial charge on any atom is 0.322 e. The minimum Gasteiger partial charge on any atom is -0.332 e. The van der Waals surface area contributed by atoms with Gasteiger partial charge < -0.3 is 4.52 Å². The SMILES string of the molecule is CC(F)(F)c1nc(-c2ccc(Cn3c(=O)cnc4ccccc43)nc2)no1. The lowest BCUT2D eigenvalue weighted by molar-refractivity contribution is -0.0158. The number of halogens is 2. The molecule has 7 nitrogen and oxygen atoms in total. The smallest absolute Gasteiger partial charge is 0.322 e. The molecule has 136 valence electrons. The van der Waals surface area contributed by atoms with Crippen LogP contribution in [-0.4, -0.2) is 24.7 Å². The van der Waals surface area contributed by atoms with Crippen molar-refractivity contribution < 1.29 is 13.3 Å². The lowest BCUT2D eigenvalue weighted by Gasteiger charge is -2.09. The summed E-state index contributed by atoms with van der Waals surface area (Å²) in [5.41, 5.74) is 2.21. The molecule has 0 saturated carbocycles. The first-order chi connectivity index (χ1) is 12.9. The van der Waals surface area contributed by atoms with Gasteiger partial charge in [0.1, 0.15) is 0 Å². The molecular formula is C18H13F2N5O2. The molecule has 1 aromatic carbocycles. The summed E-state index contributed by atoms with van der Waals surface area (Å²) in [6, 6.07) is 10.6. The van der Waals surface area contributed by atoms with Gasteiger partial charge in [-0.15, -0.1) is 0 Å². The topological polar surface area (TPSA) is 86.7 Å². The molecule has 0 saturated heterocycles. The number of aromatic nitrogens is 5. The number of benzene rings is 1. The van der Waals surface area contributed by atoms with E-state index in [0.717, 1.165) is 0 Å². The fraction of sp³-hybridized carbons (Fsp3) is 0.167. The van der Waals surface area contributed by atoms with Gasteiger partial charge in [0.25, 0.3) is 11.4 Å². The summed E-state index contributed by atoms with van der Waals surface area (Å²) >= 11 is 0. The number of alkyl halides is 2. The second-order valence-corrected chi connectivity index (χ2v) is 6.02. The summed E-state index contributed by atoms with van der Waals surface area (Å²) in [4.78, 5) is 24.3. The van der Waals surface area contributed by atoms with Crippen LogP contribution < -0.4 is 5.56 Å². The van der Waals surface area contributed by atoms with E-state index >= 15 is 0 Å². The van der Waals surface area contributed by atoms with Crippen LogP contribution >= 0.6 is 0 Å². The van der Waals surface area contributed by atoms with E-state index in [1.165, 1.54) is 12.4 Å². The van der Waals surface area contributed by atoms with Crippen molar-refractivity contribution >= 4 is 11.0 Å². The Hall–Kier alpha value is -3.49. The molecule has 27 heavy (non-hydrogen) atoms. The average Bonchev–Trinajstić information content (AvgIpc) is 3.15. The van der Waals surface area contributed by atoms with E-state index in [1.54, 1.807) is 16.7 Å². The molecule has 3 aromatic heterocycles. The minimum atomic E-state index is -3.21. The van der Waals surface area contributed by atoms with E-state index in [9.17, 15) is 13.6 Å². The quantitative estimate of drug-likeness (QED) is 0.550. The Morgan fingerprint density at radius 3 is 2.63 bits per heavy atom. The number of pyridine rings is 1. The highest BCUT2D eigenvalue weighted by Crippen LogP contribution is 2.27. The third-order valence-corrected chi connectivity index (χ3v) is 3.96. The summed E-state index contributed by atoms with van der Waals surface area (Å²) in [5.74, 6) is -3.93. The number of hydrogen-bond donors (Lipinski definition) is 0. The standard InChI is InChI=1S/C18H13F2N5O2/c1-18(19,20)17-23-16(24-27-17)11-6-7-12(21-8-11)10-25-14-5-3-2-4-13(14)22-9-15(25)26/h2-9H,10H2,1H3. The summed E-state index contributed by atoms with van der Waals surface area (Å²) in [5, 5.41) is 3.55. The van der Waals surface area contributed by atoms with Crippen molar-refractivity contribution in [1.82, 2.24) is 24.7 Å². The molecule has 0 unspecified atom stereocenters. The van der Waals surface area contributed by atoms with Crippen LogP contribution in [0.5, 0.6) is 0 Å². The van der Waals surface area contributed by atoms with Crippen molar-refractivity contribution in [3.05, 3.63) is 70.7 Å². The van der Waals surface area contributed by atoms with Gasteiger partial charge in [-0.3, -0.25) is 14.3 Å². The number of hydrogen-bond acceptors (Lipinski definition) is 6. The third kappa shape index (κ3) is 3.31. The van der Waals surface area contributed by atoms with Crippen molar-refractivity contribution in [3.63, 3.8) is 0 Å². The van der Waals surface area contributed by atoms with E-state index < -0.39 is 11.8 Å². The number of para-hydroxylation sites is 2. The van der Waals surface area contributed by atoms with Gasteiger partial charge in [-0.2, -0.15) is 13.8 Å². The molecule has 4 rings (SSSR count).